The number of carbonyl (C=O) groups is 1. The number of methoxy groups -OCH3 is 2. The second-order valence-corrected chi connectivity index (χ2v) is 6.28. The molecule has 0 saturated carbocycles. The number of rotatable bonds is 4. The van der Waals surface area contributed by atoms with Gasteiger partial charge in [-0.3, -0.25) is 4.79 Å². The Bertz CT molecular complexity index is 644. The Morgan fingerprint density at radius 3 is 2.75 bits per heavy atom. The van der Waals surface area contributed by atoms with Gasteiger partial charge in [-0.05, 0) is 44.4 Å². The number of likely N-dealkylation sites (tertiary alicyclic amines) is 1. The molecule has 0 radical (unpaired) electrons. The average Bonchev–Trinajstić information content (AvgIpc) is 3.11. The lowest BCUT2D eigenvalue weighted by molar-refractivity contribution is -0.145. The van der Waals surface area contributed by atoms with E-state index in [-0.39, 0.29) is 11.9 Å². The van der Waals surface area contributed by atoms with E-state index in [9.17, 15) is 4.79 Å². The second kappa shape index (κ2) is 7.11. The van der Waals surface area contributed by atoms with Gasteiger partial charge in [0.2, 0.25) is 6.10 Å². The molecule has 1 aromatic carbocycles. The van der Waals surface area contributed by atoms with Crippen LogP contribution in [-0.2, 0) is 9.63 Å². The molecule has 130 valence electrons. The van der Waals surface area contributed by atoms with Crippen LogP contribution in [0, 0.1) is 0 Å². The zero-order valence-electron chi connectivity index (χ0n) is 14.4. The molecule has 2 heterocycles. The van der Waals surface area contributed by atoms with Gasteiger partial charge in [0.05, 0.1) is 19.9 Å². The largest absolute Gasteiger partial charge is 0.493 e. The Labute approximate surface area is 142 Å². The lowest BCUT2D eigenvalue weighted by Gasteiger charge is -2.34. The van der Waals surface area contributed by atoms with Crippen LogP contribution in [0.2, 0.25) is 0 Å². The molecule has 0 aliphatic carbocycles. The zero-order valence-corrected chi connectivity index (χ0v) is 14.4. The van der Waals surface area contributed by atoms with Gasteiger partial charge in [0, 0.05) is 24.6 Å². The highest BCUT2D eigenvalue weighted by molar-refractivity contribution is 6.04. The van der Waals surface area contributed by atoms with Crippen molar-refractivity contribution < 1.29 is 19.1 Å². The van der Waals surface area contributed by atoms with E-state index in [1.165, 1.54) is 6.42 Å². The van der Waals surface area contributed by atoms with Gasteiger partial charge in [0.25, 0.3) is 5.91 Å². The summed E-state index contributed by atoms with van der Waals surface area (Å²) in [6.45, 7) is 2.91. The molecule has 3 rings (SSSR count). The van der Waals surface area contributed by atoms with Gasteiger partial charge >= 0.3 is 0 Å². The van der Waals surface area contributed by atoms with Crippen molar-refractivity contribution in [2.45, 2.75) is 44.8 Å². The average molecular weight is 332 g/mol. The molecular weight excluding hydrogens is 308 g/mol. The second-order valence-electron chi connectivity index (χ2n) is 6.28. The Morgan fingerprint density at radius 2 is 2.04 bits per heavy atom. The van der Waals surface area contributed by atoms with Gasteiger partial charge in [0.15, 0.2) is 11.5 Å². The summed E-state index contributed by atoms with van der Waals surface area (Å²) in [4.78, 5) is 20.1. The molecule has 0 aromatic heterocycles. The standard InChI is InChI=1S/C18H24N2O4/c1-12-6-4-5-9-20(12)18(21)17-11-14(19-24-17)13-7-8-15(22-2)16(10-13)23-3/h7-8,10,12,17H,4-6,9,11H2,1-3H3/t12-,17-/m0/s1. The lowest BCUT2D eigenvalue weighted by atomic mass is 10.0. The van der Waals surface area contributed by atoms with E-state index >= 15 is 0 Å². The quantitative estimate of drug-likeness (QED) is 0.850. The third kappa shape index (κ3) is 3.18. The predicted octanol–water partition coefficient (Wildman–Crippen LogP) is 2.60. The Morgan fingerprint density at radius 1 is 1.25 bits per heavy atom. The van der Waals surface area contributed by atoms with E-state index < -0.39 is 6.10 Å². The van der Waals surface area contributed by atoms with Crippen molar-refractivity contribution in [2.24, 2.45) is 5.16 Å². The van der Waals surface area contributed by atoms with E-state index in [0.717, 1.165) is 30.7 Å². The normalized spacial score (nSPS) is 23.5. The third-order valence-electron chi connectivity index (χ3n) is 4.75. The number of amides is 1. The molecule has 0 unspecified atom stereocenters. The molecule has 1 fully saturated rings. The van der Waals surface area contributed by atoms with Crippen molar-refractivity contribution in [1.82, 2.24) is 4.90 Å². The zero-order chi connectivity index (χ0) is 17.1. The molecule has 24 heavy (non-hydrogen) atoms. The summed E-state index contributed by atoms with van der Waals surface area (Å²) >= 11 is 0. The van der Waals surface area contributed by atoms with Gasteiger partial charge in [-0.1, -0.05) is 5.16 Å². The van der Waals surface area contributed by atoms with Crippen LogP contribution < -0.4 is 9.47 Å². The number of hydrogen-bond donors (Lipinski definition) is 0. The summed E-state index contributed by atoms with van der Waals surface area (Å²) in [5.41, 5.74) is 1.65. The van der Waals surface area contributed by atoms with Gasteiger partial charge in [-0.25, -0.2) is 0 Å². The minimum Gasteiger partial charge on any atom is -0.493 e. The number of nitrogens with zero attached hydrogens (tertiary/aromatic N) is 2. The predicted molar refractivity (Wildman–Crippen MR) is 90.6 cm³/mol. The lowest BCUT2D eigenvalue weighted by Crippen LogP contribution is -2.47. The molecule has 2 aliphatic rings. The van der Waals surface area contributed by atoms with Crippen molar-refractivity contribution in [3.8, 4) is 11.5 Å². The number of hydrogen-bond acceptors (Lipinski definition) is 5. The maximum atomic E-state index is 12.7. The first-order chi connectivity index (χ1) is 11.6. The van der Waals surface area contributed by atoms with E-state index in [1.54, 1.807) is 14.2 Å². The van der Waals surface area contributed by atoms with E-state index in [0.29, 0.717) is 17.9 Å². The maximum Gasteiger partial charge on any atom is 0.267 e. The van der Waals surface area contributed by atoms with Gasteiger partial charge < -0.3 is 19.2 Å². The first-order valence-corrected chi connectivity index (χ1v) is 8.39. The Balaban J connectivity index is 1.69. The van der Waals surface area contributed by atoms with Crippen LogP contribution in [0.1, 0.15) is 38.2 Å². The minimum atomic E-state index is -0.520. The van der Waals surface area contributed by atoms with Gasteiger partial charge in [0.1, 0.15) is 0 Å². The van der Waals surface area contributed by atoms with Crippen LogP contribution >= 0.6 is 0 Å². The molecule has 2 atom stereocenters. The molecule has 6 heteroatoms. The molecule has 0 N–H and O–H groups in total. The molecule has 1 saturated heterocycles. The molecule has 1 amide bonds. The number of ether oxygens (including phenoxy) is 2. The van der Waals surface area contributed by atoms with Crippen LogP contribution in [0.3, 0.4) is 0 Å². The molecule has 0 spiro atoms. The summed E-state index contributed by atoms with van der Waals surface area (Å²) < 4.78 is 10.6. The fourth-order valence-electron chi connectivity index (χ4n) is 3.31. The molecule has 1 aromatic rings. The number of carbonyl (C=O) groups excluding carboxylic acids is 1. The number of piperidine rings is 1. The van der Waals surface area contributed by atoms with Gasteiger partial charge in [-0.15, -0.1) is 0 Å². The van der Waals surface area contributed by atoms with Gasteiger partial charge in [-0.2, -0.15) is 0 Å². The van der Waals surface area contributed by atoms with Crippen molar-refractivity contribution in [2.75, 3.05) is 20.8 Å². The van der Waals surface area contributed by atoms with Crippen LogP contribution in [-0.4, -0.2) is 49.4 Å². The first kappa shape index (κ1) is 16.6. The maximum absolute atomic E-state index is 12.7. The molecular formula is C18H24N2O4. The third-order valence-corrected chi connectivity index (χ3v) is 4.75. The van der Waals surface area contributed by atoms with Crippen molar-refractivity contribution in [3.05, 3.63) is 23.8 Å². The minimum absolute atomic E-state index is 0.0430. The topological polar surface area (TPSA) is 60.4 Å². The molecule has 6 nitrogen and oxygen atoms in total. The molecule has 0 bridgehead atoms. The Hall–Kier alpha value is -2.24. The highest BCUT2D eigenvalue weighted by atomic mass is 16.6. The van der Waals surface area contributed by atoms with Crippen LogP contribution in [0.5, 0.6) is 11.5 Å². The van der Waals surface area contributed by atoms with Crippen molar-refractivity contribution in [3.63, 3.8) is 0 Å². The summed E-state index contributed by atoms with van der Waals surface area (Å²) in [5.74, 6) is 1.34. The van der Waals surface area contributed by atoms with Crippen LogP contribution in [0.15, 0.2) is 23.4 Å². The van der Waals surface area contributed by atoms with Crippen LogP contribution in [0.25, 0.3) is 0 Å². The fraction of sp³-hybridized carbons (Fsp3) is 0.556. The SMILES string of the molecule is COc1ccc(C2=NO[C@H](C(=O)N3CCCC[C@@H]3C)C2)cc1OC. The van der Waals surface area contributed by atoms with Crippen molar-refractivity contribution >= 4 is 11.6 Å². The van der Waals surface area contributed by atoms with Crippen molar-refractivity contribution in [1.29, 1.82) is 0 Å². The van der Waals surface area contributed by atoms with E-state index in [4.69, 9.17) is 14.3 Å². The van der Waals surface area contributed by atoms with E-state index in [1.807, 2.05) is 23.1 Å². The smallest absolute Gasteiger partial charge is 0.267 e. The summed E-state index contributed by atoms with van der Waals surface area (Å²) in [5, 5.41) is 4.13. The monoisotopic (exact) mass is 332 g/mol. The molecule has 2 aliphatic heterocycles. The number of benzene rings is 1. The summed E-state index contributed by atoms with van der Waals surface area (Å²) in [6, 6.07) is 5.87. The highest BCUT2D eigenvalue weighted by Gasteiger charge is 2.35. The van der Waals surface area contributed by atoms with Crippen LogP contribution in [0.4, 0.5) is 0 Å². The Kier molecular flexibility index (Phi) is 4.92. The number of oxime groups is 1. The fourth-order valence-corrected chi connectivity index (χ4v) is 3.31. The highest BCUT2D eigenvalue weighted by Crippen LogP contribution is 2.30. The summed E-state index contributed by atoms with van der Waals surface area (Å²) in [6.07, 6.45) is 3.27. The first-order valence-electron chi connectivity index (χ1n) is 8.39. The van der Waals surface area contributed by atoms with E-state index in [2.05, 4.69) is 12.1 Å². The summed E-state index contributed by atoms with van der Waals surface area (Å²) in [7, 11) is 3.20.